The Hall–Kier alpha value is -3.64. The van der Waals surface area contributed by atoms with Gasteiger partial charge in [-0.25, -0.2) is 4.98 Å². The molecule has 5 nitrogen and oxygen atoms in total. The number of anilines is 1. The Labute approximate surface area is 191 Å². The molecule has 0 fully saturated rings. The number of amides is 1. The minimum Gasteiger partial charge on any atom is -0.497 e. The van der Waals surface area contributed by atoms with Gasteiger partial charge in [-0.05, 0) is 41.8 Å². The fourth-order valence-electron chi connectivity index (χ4n) is 3.20. The zero-order chi connectivity index (χ0) is 22.2. The minimum absolute atomic E-state index is 0.0661. The maximum absolute atomic E-state index is 12.2. The summed E-state index contributed by atoms with van der Waals surface area (Å²) >= 11 is 1.43. The van der Waals surface area contributed by atoms with Gasteiger partial charge in [-0.15, -0.1) is 11.3 Å². The van der Waals surface area contributed by atoms with E-state index in [0.717, 1.165) is 28.3 Å². The Morgan fingerprint density at radius 3 is 2.25 bits per heavy atom. The molecule has 0 spiro atoms. The number of nitrogens with one attached hydrogen (secondary N) is 1. The molecule has 6 heteroatoms. The molecule has 3 aromatic carbocycles. The van der Waals surface area contributed by atoms with Crippen molar-refractivity contribution >= 4 is 22.4 Å². The largest absolute Gasteiger partial charge is 0.497 e. The molecule has 162 valence electrons. The molecule has 0 radical (unpaired) electrons. The van der Waals surface area contributed by atoms with Gasteiger partial charge in [0.25, 0.3) is 0 Å². The lowest BCUT2D eigenvalue weighted by Gasteiger charge is -2.07. The lowest BCUT2D eigenvalue weighted by molar-refractivity contribution is -0.116. The number of nitrogens with zero attached hydrogens (tertiary/aromatic N) is 1. The van der Waals surface area contributed by atoms with Crippen molar-refractivity contribution in [1.29, 1.82) is 0 Å². The van der Waals surface area contributed by atoms with Crippen LogP contribution in [0.1, 0.15) is 12.8 Å². The highest BCUT2D eigenvalue weighted by atomic mass is 32.1. The molecule has 1 heterocycles. The van der Waals surface area contributed by atoms with Gasteiger partial charge in [0.2, 0.25) is 5.91 Å². The Morgan fingerprint density at radius 2 is 1.53 bits per heavy atom. The fourth-order valence-corrected chi connectivity index (χ4v) is 3.94. The first kappa shape index (κ1) is 21.6. The number of rotatable bonds is 9. The number of thiazole rings is 1. The Morgan fingerprint density at radius 1 is 0.875 bits per heavy atom. The average molecular weight is 445 g/mol. The number of ether oxygens (including phenoxy) is 2. The van der Waals surface area contributed by atoms with Crippen LogP contribution in [-0.2, 0) is 4.79 Å². The summed E-state index contributed by atoms with van der Waals surface area (Å²) in [5, 5.41) is 5.44. The van der Waals surface area contributed by atoms with Gasteiger partial charge in [0, 0.05) is 17.4 Å². The maximum Gasteiger partial charge on any atom is 0.226 e. The van der Waals surface area contributed by atoms with E-state index >= 15 is 0 Å². The Balaban J connectivity index is 1.25. The van der Waals surface area contributed by atoms with E-state index in [9.17, 15) is 4.79 Å². The van der Waals surface area contributed by atoms with Gasteiger partial charge >= 0.3 is 0 Å². The molecule has 4 aromatic rings. The van der Waals surface area contributed by atoms with Crippen LogP contribution in [0, 0.1) is 0 Å². The lowest BCUT2D eigenvalue weighted by Crippen LogP contribution is -2.12. The van der Waals surface area contributed by atoms with Gasteiger partial charge in [-0.2, -0.15) is 0 Å². The fraction of sp³-hybridized carbons (Fsp3) is 0.154. The van der Waals surface area contributed by atoms with Crippen molar-refractivity contribution in [2.24, 2.45) is 0 Å². The molecule has 0 aliphatic rings. The van der Waals surface area contributed by atoms with Crippen molar-refractivity contribution in [3.63, 3.8) is 0 Å². The summed E-state index contributed by atoms with van der Waals surface area (Å²) in [6, 6.07) is 25.9. The number of carbonyl (C=O) groups is 1. The van der Waals surface area contributed by atoms with E-state index < -0.39 is 0 Å². The van der Waals surface area contributed by atoms with Crippen LogP contribution in [0.2, 0.25) is 0 Å². The highest BCUT2D eigenvalue weighted by Crippen LogP contribution is 2.27. The predicted octanol–water partition coefficient (Wildman–Crippen LogP) is 6.28. The van der Waals surface area contributed by atoms with Crippen LogP contribution in [0.25, 0.3) is 22.4 Å². The summed E-state index contributed by atoms with van der Waals surface area (Å²) in [4.78, 5) is 16.8. The maximum atomic E-state index is 12.2. The standard InChI is InChI=1S/C26H24N2O3S/c1-30-22-13-15-23(16-14-22)31-17-5-8-25(29)28-26-27-24(18-32-26)21-11-9-20(10-12-21)19-6-3-2-4-7-19/h2-4,6-7,9-16,18H,5,8,17H2,1H3,(H,27,28,29). The smallest absolute Gasteiger partial charge is 0.226 e. The first-order valence-electron chi connectivity index (χ1n) is 10.4. The summed E-state index contributed by atoms with van der Waals surface area (Å²) < 4.78 is 10.8. The molecule has 4 rings (SSSR count). The van der Waals surface area contributed by atoms with Crippen LogP contribution in [-0.4, -0.2) is 24.6 Å². The molecule has 0 saturated carbocycles. The molecule has 0 unspecified atom stereocenters. The highest BCUT2D eigenvalue weighted by molar-refractivity contribution is 7.14. The van der Waals surface area contributed by atoms with E-state index in [2.05, 4.69) is 46.7 Å². The van der Waals surface area contributed by atoms with E-state index in [-0.39, 0.29) is 5.91 Å². The van der Waals surface area contributed by atoms with Crippen LogP contribution in [0.3, 0.4) is 0 Å². The Kier molecular flexibility index (Phi) is 7.15. The van der Waals surface area contributed by atoms with Gasteiger partial charge in [-0.1, -0.05) is 54.6 Å². The van der Waals surface area contributed by atoms with E-state index in [1.807, 2.05) is 47.8 Å². The number of carbonyl (C=O) groups excluding carboxylic acids is 1. The first-order valence-corrected chi connectivity index (χ1v) is 11.3. The topological polar surface area (TPSA) is 60.5 Å². The monoisotopic (exact) mass is 444 g/mol. The summed E-state index contributed by atoms with van der Waals surface area (Å²) in [5.41, 5.74) is 4.22. The van der Waals surface area contributed by atoms with E-state index in [1.54, 1.807) is 7.11 Å². The second kappa shape index (κ2) is 10.6. The normalized spacial score (nSPS) is 10.5. The van der Waals surface area contributed by atoms with Crippen molar-refractivity contribution in [1.82, 2.24) is 4.98 Å². The minimum atomic E-state index is -0.0661. The molecule has 0 aliphatic heterocycles. The molecular weight excluding hydrogens is 420 g/mol. The van der Waals surface area contributed by atoms with Crippen molar-refractivity contribution < 1.29 is 14.3 Å². The lowest BCUT2D eigenvalue weighted by atomic mass is 10.0. The van der Waals surface area contributed by atoms with Crippen LogP contribution < -0.4 is 14.8 Å². The molecule has 32 heavy (non-hydrogen) atoms. The van der Waals surface area contributed by atoms with Crippen molar-refractivity contribution in [3.05, 3.63) is 84.2 Å². The number of hydrogen-bond acceptors (Lipinski definition) is 5. The Bertz CT molecular complexity index is 1140. The third kappa shape index (κ3) is 5.74. The quantitative estimate of drug-likeness (QED) is 0.309. The molecule has 1 N–H and O–H groups in total. The van der Waals surface area contributed by atoms with Gasteiger partial charge in [-0.3, -0.25) is 4.79 Å². The summed E-state index contributed by atoms with van der Waals surface area (Å²) in [5.74, 6) is 1.48. The summed E-state index contributed by atoms with van der Waals surface area (Å²) in [6.45, 7) is 0.469. The van der Waals surface area contributed by atoms with Crippen molar-refractivity contribution in [3.8, 4) is 33.9 Å². The zero-order valence-corrected chi connectivity index (χ0v) is 18.6. The molecule has 1 aromatic heterocycles. The average Bonchev–Trinajstić information content (AvgIpc) is 3.31. The van der Waals surface area contributed by atoms with E-state index in [1.165, 1.54) is 16.9 Å². The molecule has 0 saturated heterocycles. The van der Waals surface area contributed by atoms with E-state index in [4.69, 9.17) is 9.47 Å². The van der Waals surface area contributed by atoms with Crippen LogP contribution >= 0.6 is 11.3 Å². The van der Waals surface area contributed by atoms with Crippen LogP contribution in [0.5, 0.6) is 11.5 Å². The number of hydrogen-bond donors (Lipinski definition) is 1. The van der Waals surface area contributed by atoms with Crippen molar-refractivity contribution in [2.45, 2.75) is 12.8 Å². The molecule has 0 bridgehead atoms. The first-order chi connectivity index (χ1) is 15.7. The SMILES string of the molecule is COc1ccc(OCCCC(=O)Nc2nc(-c3ccc(-c4ccccc4)cc3)cs2)cc1. The third-order valence-corrected chi connectivity index (χ3v) is 5.67. The molecule has 0 aliphatic carbocycles. The highest BCUT2D eigenvalue weighted by Gasteiger charge is 2.09. The number of methoxy groups -OCH3 is 1. The van der Waals surface area contributed by atoms with Crippen LogP contribution in [0.4, 0.5) is 5.13 Å². The van der Waals surface area contributed by atoms with E-state index in [0.29, 0.717) is 24.6 Å². The van der Waals surface area contributed by atoms with Gasteiger partial charge in [0.1, 0.15) is 11.5 Å². The third-order valence-electron chi connectivity index (χ3n) is 4.91. The molecule has 1 amide bonds. The number of benzene rings is 3. The zero-order valence-electron chi connectivity index (χ0n) is 17.8. The van der Waals surface area contributed by atoms with Crippen molar-refractivity contribution in [2.75, 3.05) is 19.0 Å². The predicted molar refractivity (Wildman–Crippen MR) is 129 cm³/mol. The molecule has 0 atom stereocenters. The van der Waals surface area contributed by atoms with Crippen LogP contribution in [0.15, 0.2) is 84.2 Å². The van der Waals surface area contributed by atoms with Gasteiger partial charge in [0.15, 0.2) is 5.13 Å². The summed E-state index contributed by atoms with van der Waals surface area (Å²) in [6.07, 6.45) is 0.994. The van der Waals surface area contributed by atoms with Gasteiger partial charge in [0.05, 0.1) is 19.4 Å². The van der Waals surface area contributed by atoms with Gasteiger partial charge < -0.3 is 14.8 Å². The summed E-state index contributed by atoms with van der Waals surface area (Å²) in [7, 11) is 1.63. The molecular formula is C26H24N2O3S. The number of aromatic nitrogens is 1. The second-order valence-electron chi connectivity index (χ2n) is 7.16. The second-order valence-corrected chi connectivity index (χ2v) is 8.02.